The van der Waals surface area contributed by atoms with E-state index < -0.39 is 0 Å². The lowest BCUT2D eigenvalue weighted by molar-refractivity contribution is 0.929. The Labute approximate surface area is 86.2 Å². The smallest absolute Gasteiger partial charge is 0.0456 e. The van der Waals surface area contributed by atoms with Crippen molar-refractivity contribution in [2.75, 3.05) is 0 Å². The molecule has 0 bridgehead atoms. The van der Waals surface area contributed by atoms with Gasteiger partial charge in [-0.05, 0) is 31.0 Å². The highest BCUT2D eigenvalue weighted by molar-refractivity contribution is 5.83. The van der Waals surface area contributed by atoms with Gasteiger partial charge in [0.15, 0.2) is 0 Å². The van der Waals surface area contributed by atoms with Crippen molar-refractivity contribution in [1.29, 1.82) is 0 Å². The zero-order chi connectivity index (χ0) is 9.26. The molecule has 1 heteroatoms. The van der Waals surface area contributed by atoms with Gasteiger partial charge < -0.3 is 4.98 Å². The van der Waals surface area contributed by atoms with E-state index in [1.807, 2.05) is 0 Å². The van der Waals surface area contributed by atoms with Crippen LogP contribution in [-0.2, 0) is 6.42 Å². The predicted octanol–water partition coefficient (Wildman–Crippen LogP) is 4.06. The molecule has 0 aliphatic rings. The maximum Gasteiger partial charge on any atom is 0.0456 e. The van der Waals surface area contributed by atoms with E-state index in [4.69, 9.17) is 0 Å². The Morgan fingerprint density at radius 1 is 1.29 bits per heavy atom. The normalized spacial score (nSPS) is 10.1. The summed E-state index contributed by atoms with van der Waals surface area (Å²) >= 11 is 0. The van der Waals surface area contributed by atoms with Crippen LogP contribution in [0.2, 0.25) is 0 Å². The summed E-state index contributed by atoms with van der Waals surface area (Å²) in [5, 5.41) is 1.39. The first kappa shape index (κ1) is 10.8. The van der Waals surface area contributed by atoms with Crippen LogP contribution < -0.4 is 0 Å². The summed E-state index contributed by atoms with van der Waals surface area (Å²) in [5.74, 6) is 0. The van der Waals surface area contributed by atoms with E-state index in [0.717, 1.165) is 0 Å². The van der Waals surface area contributed by atoms with Crippen molar-refractivity contribution in [1.82, 2.24) is 4.98 Å². The van der Waals surface area contributed by atoms with Crippen LogP contribution in [0.5, 0.6) is 0 Å². The van der Waals surface area contributed by atoms with E-state index in [-0.39, 0.29) is 7.43 Å². The third-order valence-corrected chi connectivity index (χ3v) is 2.44. The Morgan fingerprint density at radius 3 is 2.79 bits per heavy atom. The van der Waals surface area contributed by atoms with E-state index in [9.17, 15) is 0 Å². The van der Waals surface area contributed by atoms with Gasteiger partial charge in [0.1, 0.15) is 0 Å². The summed E-state index contributed by atoms with van der Waals surface area (Å²) < 4.78 is 0. The molecule has 1 N–H and O–H groups in total. The highest BCUT2D eigenvalue weighted by atomic mass is 14.7. The molecule has 0 fully saturated rings. The lowest BCUT2D eigenvalue weighted by Gasteiger charge is -1.96. The average Bonchev–Trinajstić information content (AvgIpc) is 2.49. The topological polar surface area (TPSA) is 15.8 Å². The number of rotatable bonds is 2. The van der Waals surface area contributed by atoms with Gasteiger partial charge >= 0.3 is 0 Å². The number of hydrogen-bond acceptors (Lipinski definition) is 0. The third-order valence-electron chi connectivity index (χ3n) is 2.44. The van der Waals surface area contributed by atoms with E-state index in [2.05, 4.69) is 43.2 Å². The molecule has 14 heavy (non-hydrogen) atoms. The number of hydrogen-bond donors (Lipinski definition) is 1. The highest BCUT2D eigenvalue weighted by Gasteiger charge is 2.01. The van der Waals surface area contributed by atoms with Gasteiger partial charge in [0.25, 0.3) is 0 Å². The minimum absolute atomic E-state index is 0. The second-order valence-electron chi connectivity index (χ2n) is 3.61. The highest BCUT2D eigenvalue weighted by Crippen LogP contribution is 2.20. The van der Waals surface area contributed by atoms with Crippen LogP contribution in [0.4, 0.5) is 0 Å². The molecule has 0 aliphatic heterocycles. The number of nitrogens with one attached hydrogen (secondary N) is 1. The van der Waals surface area contributed by atoms with Crippen molar-refractivity contribution in [2.24, 2.45) is 0 Å². The number of fused-ring (bicyclic) bond motifs is 1. The van der Waals surface area contributed by atoms with Crippen molar-refractivity contribution in [3.63, 3.8) is 0 Å². The maximum absolute atomic E-state index is 3.30. The summed E-state index contributed by atoms with van der Waals surface area (Å²) in [7, 11) is 0. The summed E-state index contributed by atoms with van der Waals surface area (Å²) in [4.78, 5) is 3.30. The first-order valence-corrected chi connectivity index (χ1v) is 4.88. The van der Waals surface area contributed by atoms with E-state index >= 15 is 0 Å². The van der Waals surface area contributed by atoms with Gasteiger partial charge in [-0.25, -0.2) is 0 Å². The summed E-state index contributed by atoms with van der Waals surface area (Å²) in [6, 6.07) is 6.56. The number of aromatic amines is 1. The van der Waals surface area contributed by atoms with Crippen LogP contribution in [-0.4, -0.2) is 4.98 Å². The molecule has 1 nitrogen and oxygen atoms in total. The Kier molecular flexibility index (Phi) is 3.34. The van der Waals surface area contributed by atoms with Crippen LogP contribution >= 0.6 is 0 Å². The number of H-pyrrole nitrogens is 1. The molecule has 0 unspecified atom stereocenters. The molecular weight excluding hydrogens is 170 g/mol. The zero-order valence-corrected chi connectivity index (χ0v) is 8.22. The van der Waals surface area contributed by atoms with Gasteiger partial charge in [0.2, 0.25) is 0 Å². The SMILES string of the molecule is C.CCCc1c[nH]c2ccc(C)cc12. The van der Waals surface area contributed by atoms with Gasteiger partial charge in [-0.15, -0.1) is 0 Å². The standard InChI is InChI=1S/C12H15N.CH4/c1-3-4-10-8-13-12-6-5-9(2)7-11(10)12;/h5-8,13H,3-4H2,1-2H3;1H4. The molecule has 1 aromatic heterocycles. The molecule has 0 saturated carbocycles. The molecule has 1 aromatic carbocycles. The van der Waals surface area contributed by atoms with Crippen LogP contribution in [0.3, 0.4) is 0 Å². The van der Waals surface area contributed by atoms with Gasteiger partial charge in [-0.1, -0.05) is 32.4 Å². The Hall–Kier alpha value is -1.24. The lowest BCUT2D eigenvalue weighted by atomic mass is 10.1. The Balaban J connectivity index is 0.000000980. The Morgan fingerprint density at radius 2 is 2.07 bits per heavy atom. The van der Waals surface area contributed by atoms with E-state index in [0.29, 0.717) is 0 Å². The largest absolute Gasteiger partial charge is 0.361 e. The molecule has 2 aromatic rings. The molecule has 0 aliphatic carbocycles. The molecule has 0 atom stereocenters. The van der Waals surface area contributed by atoms with E-state index in [1.54, 1.807) is 0 Å². The first-order valence-electron chi connectivity index (χ1n) is 4.88. The zero-order valence-electron chi connectivity index (χ0n) is 8.22. The lowest BCUT2D eigenvalue weighted by Crippen LogP contribution is -1.79. The first-order chi connectivity index (χ1) is 6.31. The maximum atomic E-state index is 3.30. The van der Waals surface area contributed by atoms with Crippen molar-refractivity contribution < 1.29 is 0 Å². The molecule has 0 radical (unpaired) electrons. The van der Waals surface area contributed by atoms with Crippen LogP contribution in [0.25, 0.3) is 10.9 Å². The van der Waals surface area contributed by atoms with Crippen molar-refractivity contribution in [3.05, 3.63) is 35.5 Å². The molecular formula is C13H19N. The van der Waals surface area contributed by atoms with Crippen molar-refractivity contribution in [2.45, 2.75) is 34.1 Å². The van der Waals surface area contributed by atoms with Crippen LogP contribution in [0, 0.1) is 6.92 Å². The monoisotopic (exact) mass is 189 g/mol. The molecule has 0 amide bonds. The quantitative estimate of drug-likeness (QED) is 0.733. The number of benzene rings is 1. The molecule has 1 heterocycles. The fraction of sp³-hybridized carbons (Fsp3) is 0.385. The van der Waals surface area contributed by atoms with Crippen LogP contribution in [0.1, 0.15) is 31.9 Å². The molecule has 2 rings (SSSR count). The predicted molar refractivity (Wildman–Crippen MR) is 63.8 cm³/mol. The van der Waals surface area contributed by atoms with Gasteiger partial charge in [0, 0.05) is 17.1 Å². The summed E-state index contributed by atoms with van der Waals surface area (Å²) in [6.45, 7) is 4.36. The molecule has 0 spiro atoms. The fourth-order valence-electron chi connectivity index (χ4n) is 1.77. The summed E-state index contributed by atoms with van der Waals surface area (Å²) in [6.07, 6.45) is 4.51. The fourth-order valence-corrected chi connectivity index (χ4v) is 1.77. The Bertz CT molecular complexity index is 412. The van der Waals surface area contributed by atoms with Gasteiger partial charge in [0.05, 0.1) is 0 Å². The molecule has 76 valence electrons. The van der Waals surface area contributed by atoms with E-state index in [1.165, 1.54) is 34.9 Å². The second-order valence-corrected chi connectivity index (χ2v) is 3.61. The minimum Gasteiger partial charge on any atom is -0.361 e. The van der Waals surface area contributed by atoms with Gasteiger partial charge in [-0.2, -0.15) is 0 Å². The summed E-state index contributed by atoms with van der Waals surface area (Å²) in [5.41, 5.74) is 4.04. The van der Waals surface area contributed by atoms with Crippen LogP contribution in [0.15, 0.2) is 24.4 Å². The van der Waals surface area contributed by atoms with Crippen molar-refractivity contribution in [3.8, 4) is 0 Å². The minimum atomic E-state index is 0. The third kappa shape index (κ3) is 1.82. The number of aryl methyl sites for hydroxylation is 2. The average molecular weight is 189 g/mol. The van der Waals surface area contributed by atoms with Crippen molar-refractivity contribution >= 4 is 10.9 Å². The second kappa shape index (κ2) is 4.32. The molecule has 0 saturated heterocycles. The van der Waals surface area contributed by atoms with Gasteiger partial charge in [-0.3, -0.25) is 0 Å². The number of aromatic nitrogens is 1.